The first-order valence-electron chi connectivity index (χ1n) is 18.5. The lowest BCUT2D eigenvalue weighted by Crippen LogP contribution is -2.65. The van der Waals surface area contributed by atoms with Crippen molar-refractivity contribution in [3.8, 4) is 11.1 Å². The third-order valence-electron chi connectivity index (χ3n) is 12.4. The molecule has 5 heteroatoms. The number of aromatic nitrogens is 1. The molecule has 0 saturated heterocycles. The van der Waals surface area contributed by atoms with Gasteiger partial charge in [-0.3, -0.25) is 0 Å². The summed E-state index contributed by atoms with van der Waals surface area (Å²) in [6.07, 6.45) is 0. The van der Waals surface area contributed by atoms with Crippen LogP contribution in [0.1, 0.15) is 52.7 Å². The van der Waals surface area contributed by atoms with Crippen LogP contribution in [0.3, 0.4) is 0 Å². The molecule has 248 valence electrons. The van der Waals surface area contributed by atoms with Gasteiger partial charge in [0.25, 0.3) is 0 Å². The summed E-state index contributed by atoms with van der Waals surface area (Å²) >= 11 is 0. The molecule has 0 amide bonds. The van der Waals surface area contributed by atoms with Gasteiger partial charge < -0.3 is 13.8 Å². The van der Waals surface area contributed by atoms with Crippen LogP contribution in [0.25, 0.3) is 54.9 Å². The highest BCUT2D eigenvalue weighted by molar-refractivity contribution is 7.04. The summed E-state index contributed by atoms with van der Waals surface area (Å²) in [6.45, 7) is 19.1. The summed E-state index contributed by atoms with van der Waals surface area (Å²) in [5.41, 5.74) is 16.6. The van der Waals surface area contributed by atoms with Gasteiger partial charge in [0, 0.05) is 61.3 Å². The Kier molecular flexibility index (Phi) is 5.39. The van der Waals surface area contributed by atoms with Gasteiger partial charge >= 0.3 is 6.85 Å². The quantitative estimate of drug-likeness (QED) is 0.149. The predicted molar refractivity (Wildman–Crippen MR) is 221 cm³/mol. The Morgan fingerprint density at radius 1 is 0.627 bits per heavy atom. The molecule has 0 fully saturated rings. The maximum absolute atomic E-state index is 6.85. The summed E-state index contributed by atoms with van der Waals surface area (Å²) in [5, 5.41) is 8.11. The lowest BCUT2D eigenvalue weighted by molar-refractivity contribution is 0.590. The van der Waals surface area contributed by atoms with Crippen molar-refractivity contribution in [2.24, 2.45) is 0 Å². The van der Waals surface area contributed by atoms with E-state index in [-0.39, 0.29) is 17.7 Å². The fraction of sp³-hybridized carbons (Fsp3) is 0.217. The van der Waals surface area contributed by atoms with Crippen LogP contribution in [-0.4, -0.2) is 19.4 Å². The van der Waals surface area contributed by atoms with Crippen LogP contribution >= 0.6 is 0 Å². The number of anilines is 3. The van der Waals surface area contributed by atoms with Crippen molar-refractivity contribution in [1.29, 1.82) is 0 Å². The first-order chi connectivity index (χ1) is 24.3. The second kappa shape index (κ2) is 9.26. The molecule has 11 rings (SSSR count). The molecular formula is C46H41BN2OSi. The fourth-order valence-electron chi connectivity index (χ4n) is 9.84. The topological polar surface area (TPSA) is 21.3 Å². The van der Waals surface area contributed by atoms with Crippen LogP contribution in [0.2, 0.25) is 13.1 Å². The highest BCUT2D eigenvalue weighted by Gasteiger charge is 2.49. The zero-order chi connectivity index (χ0) is 34.9. The van der Waals surface area contributed by atoms with Crippen molar-refractivity contribution in [2.45, 2.75) is 65.5 Å². The Balaban J connectivity index is 1.41. The third kappa shape index (κ3) is 3.60. The molecule has 8 aromatic rings. The summed E-state index contributed by atoms with van der Waals surface area (Å²) in [5.74, 6) is 0. The van der Waals surface area contributed by atoms with E-state index in [1.807, 2.05) is 0 Å². The van der Waals surface area contributed by atoms with Crippen molar-refractivity contribution in [1.82, 2.24) is 4.48 Å². The van der Waals surface area contributed by atoms with E-state index in [0.717, 1.165) is 11.2 Å². The molecule has 2 aromatic heterocycles. The fourth-order valence-corrected chi connectivity index (χ4v) is 12.8. The van der Waals surface area contributed by atoms with Crippen molar-refractivity contribution in [3.05, 3.63) is 114 Å². The summed E-state index contributed by atoms with van der Waals surface area (Å²) in [4.78, 5) is 2.61. The van der Waals surface area contributed by atoms with Gasteiger partial charge in [0.2, 0.25) is 0 Å². The minimum absolute atomic E-state index is 0.0165. The van der Waals surface area contributed by atoms with Gasteiger partial charge in [-0.25, -0.2) is 0 Å². The molecular weight excluding hydrogens is 635 g/mol. The van der Waals surface area contributed by atoms with Crippen molar-refractivity contribution in [2.75, 3.05) is 4.90 Å². The average molecular weight is 677 g/mol. The number of hydrogen-bond donors (Lipinski definition) is 0. The largest absolute Gasteiger partial charge is 0.456 e. The van der Waals surface area contributed by atoms with Crippen LogP contribution in [-0.2, 0) is 10.8 Å². The Morgan fingerprint density at radius 3 is 2.16 bits per heavy atom. The number of furan rings is 1. The number of fused-ring (bicyclic) bond motifs is 13. The number of nitrogens with zero attached hydrogens (tertiary/aromatic N) is 2. The molecule has 0 radical (unpaired) electrons. The lowest BCUT2D eigenvalue weighted by Gasteiger charge is -2.47. The van der Waals surface area contributed by atoms with E-state index < -0.39 is 8.07 Å². The van der Waals surface area contributed by atoms with Gasteiger partial charge in [-0.05, 0) is 85.2 Å². The van der Waals surface area contributed by atoms with Crippen molar-refractivity contribution in [3.63, 3.8) is 0 Å². The number of para-hydroxylation sites is 3. The zero-order valence-electron chi connectivity index (χ0n) is 30.7. The molecule has 0 saturated carbocycles. The predicted octanol–water partition coefficient (Wildman–Crippen LogP) is 9.84. The molecule has 0 atom stereocenters. The molecule has 0 bridgehead atoms. The van der Waals surface area contributed by atoms with Crippen LogP contribution in [0, 0.1) is 0 Å². The van der Waals surface area contributed by atoms with Crippen LogP contribution in [0.4, 0.5) is 17.1 Å². The summed E-state index contributed by atoms with van der Waals surface area (Å²) < 4.78 is 9.57. The van der Waals surface area contributed by atoms with Gasteiger partial charge in [0.15, 0.2) is 0 Å². The highest BCUT2D eigenvalue weighted by atomic mass is 28.3. The maximum atomic E-state index is 6.85. The van der Waals surface area contributed by atoms with E-state index in [2.05, 4.69) is 167 Å². The van der Waals surface area contributed by atoms with Gasteiger partial charge in [-0.15, -0.1) is 0 Å². The van der Waals surface area contributed by atoms with Crippen LogP contribution < -0.4 is 26.2 Å². The molecule has 0 N–H and O–H groups in total. The SMILES string of the molecule is CC(C)(C)c1ccc2c(c1)c1cc(C(C)(C)C)cc3c1n2B1c2cccc4c2N(c2ccccc2[Si]4(C)C)c2cc4oc5ccccc5c4c-3c21. The van der Waals surface area contributed by atoms with E-state index in [0.29, 0.717) is 0 Å². The summed E-state index contributed by atoms with van der Waals surface area (Å²) in [7, 11) is -2.03. The molecule has 51 heavy (non-hydrogen) atoms. The van der Waals surface area contributed by atoms with E-state index in [4.69, 9.17) is 4.42 Å². The molecule has 0 unspecified atom stereocenters. The standard InChI is InChI=1S/C46H41BN2OSi/c1-45(2,3)26-20-21-33-29(22-26)30-23-27(46(4,5)6)24-31-41-40-28-14-9-11-17-36(28)50-37(40)25-35-42(41)47(49(33)43(30)31)32-15-13-19-39-44(32)48(35)34-16-10-12-18-38(34)51(39,7)8/h9-25H,1-8H3. The Hall–Kier alpha value is -5.00. The molecule has 3 aliphatic rings. The molecule has 0 spiro atoms. The monoisotopic (exact) mass is 676 g/mol. The molecule has 3 nitrogen and oxygen atoms in total. The number of rotatable bonds is 0. The highest BCUT2D eigenvalue weighted by Crippen LogP contribution is 2.51. The maximum Gasteiger partial charge on any atom is 0.333 e. The minimum Gasteiger partial charge on any atom is -0.456 e. The first kappa shape index (κ1) is 29.7. The average Bonchev–Trinajstić information content (AvgIpc) is 3.63. The van der Waals surface area contributed by atoms with Gasteiger partial charge in [0.1, 0.15) is 19.2 Å². The van der Waals surface area contributed by atoms with E-state index in [1.54, 1.807) is 0 Å². The summed E-state index contributed by atoms with van der Waals surface area (Å²) in [6, 6.07) is 39.7. The zero-order valence-corrected chi connectivity index (χ0v) is 31.7. The van der Waals surface area contributed by atoms with E-state index in [1.165, 1.54) is 93.2 Å². The normalized spacial score (nSPS) is 15.5. The molecule has 0 aliphatic carbocycles. The van der Waals surface area contributed by atoms with Crippen molar-refractivity contribution < 1.29 is 4.42 Å². The second-order valence-electron chi connectivity index (χ2n) is 17.8. The van der Waals surface area contributed by atoms with Crippen LogP contribution in [0.15, 0.2) is 108 Å². The van der Waals surface area contributed by atoms with Gasteiger partial charge in [-0.1, -0.05) is 115 Å². The van der Waals surface area contributed by atoms with Crippen LogP contribution in [0.5, 0.6) is 0 Å². The van der Waals surface area contributed by atoms with Crippen molar-refractivity contribution >= 4 is 97.0 Å². The molecule has 3 aliphatic heterocycles. The minimum atomic E-state index is -2.03. The number of hydrogen-bond acceptors (Lipinski definition) is 2. The van der Waals surface area contributed by atoms with E-state index in [9.17, 15) is 0 Å². The smallest absolute Gasteiger partial charge is 0.333 e. The Morgan fingerprint density at radius 2 is 1.35 bits per heavy atom. The van der Waals surface area contributed by atoms with Gasteiger partial charge in [-0.2, -0.15) is 0 Å². The van der Waals surface area contributed by atoms with Gasteiger partial charge in [0.05, 0.1) is 0 Å². The Bertz CT molecular complexity index is 2880. The first-order valence-corrected chi connectivity index (χ1v) is 21.5. The molecule has 6 aromatic carbocycles. The number of benzene rings is 6. The lowest BCUT2D eigenvalue weighted by atomic mass is 9.44. The van der Waals surface area contributed by atoms with E-state index >= 15 is 0 Å². The second-order valence-corrected chi connectivity index (χ2v) is 22.1. The Labute approximate surface area is 300 Å². The third-order valence-corrected chi connectivity index (χ3v) is 16.0. The molecule has 5 heterocycles.